The van der Waals surface area contributed by atoms with E-state index in [0.29, 0.717) is 4.31 Å². The first-order chi connectivity index (χ1) is 14.5. The number of sulfonamides is 1. The van der Waals surface area contributed by atoms with Crippen molar-refractivity contribution in [1.29, 1.82) is 0 Å². The second kappa shape index (κ2) is 9.71. The predicted molar refractivity (Wildman–Crippen MR) is 115 cm³/mol. The second-order valence-corrected chi connectivity index (χ2v) is 8.43. The van der Waals surface area contributed by atoms with Crippen molar-refractivity contribution in [1.82, 2.24) is 0 Å². The molecule has 0 aliphatic rings. The number of rotatable bonds is 9. The van der Waals surface area contributed by atoms with Crippen LogP contribution in [0.3, 0.4) is 0 Å². The van der Waals surface area contributed by atoms with E-state index in [2.05, 4.69) is 5.32 Å². The molecule has 0 unspecified atom stereocenters. The van der Waals surface area contributed by atoms with E-state index in [1.54, 1.807) is 0 Å². The first-order valence-corrected chi connectivity index (χ1v) is 10.8. The van der Waals surface area contributed by atoms with Crippen molar-refractivity contribution in [2.75, 3.05) is 43.8 Å². The maximum Gasteiger partial charge on any atom is 0.271 e. The third-order valence-corrected chi connectivity index (χ3v) is 5.50. The molecule has 2 rings (SSSR count). The number of halogens is 1. The van der Waals surface area contributed by atoms with Gasteiger partial charge in [-0.05, 0) is 6.07 Å². The maximum absolute atomic E-state index is 12.7. The molecule has 0 heterocycles. The van der Waals surface area contributed by atoms with Crippen molar-refractivity contribution in [3.8, 4) is 17.2 Å². The molecule has 2 aromatic rings. The smallest absolute Gasteiger partial charge is 0.271 e. The Kier molecular flexibility index (Phi) is 7.52. The van der Waals surface area contributed by atoms with Crippen LogP contribution in [-0.2, 0) is 14.8 Å². The Bertz CT molecular complexity index is 1110. The molecule has 0 radical (unpaired) electrons. The molecule has 1 amide bonds. The lowest BCUT2D eigenvalue weighted by Gasteiger charge is -2.24. The monoisotopic (exact) mass is 473 g/mol. The molecule has 168 valence electrons. The van der Waals surface area contributed by atoms with Crippen LogP contribution in [0.4, 0.5) is 17.1 Å². The average Bonchev–Trinajstić information content (AvgIpc) is 2.71. The Morgan fingerprint density at radius 1 is 1.10 bits per heavy atom. The van der Waals surface area contributed by atoms with Gasteiger partial charge in [0.15, 0.2) is 0 Å². The van der Waals surface area contributed by atoms with Crippen LogP contribution in [-0.4, -0.2) is 53.4 Å². The quantitative estimate of drug-likeness (QED) is 0.433. The molecule has 0 saturated heterocycles. The van der Waals surface area contributed by atoms with Gasteiger partial charge in [0.1, 0.15) is 29.5 Å². The largest absolute Gasteiger partial charge is 0.495 e. The molecule has 0 spiro atoms. The Morgan fingerprint density at radius 3 is 2.23 bits per heavy atom. The summed E-state index contributed by atoms with van der Waals surface area (Å²) < 4.78 is 40.9. The van der Waals surface area contributed by atoms with Crippen LogP contribution in [0.2, 0.25) is 5.02 Å². The van der Waals surface area contributed by atoms with Gasteiger partial charge in [0.2, 0.25) is 15.9 Å². The average molecular weight is 474 g/mol. The van der Waals surface area contributed by atoms with E-state index >= 15 is 0 Å². The summed E-state index contributed by atoms with van der Waals surface area (Å²) in [6, 6.07) is 6.26. The molecule has 2 aromatic carbocycles. The molecule has 0 fully saturated rings. The molecule has 11 nitrogen and oxygen atoms in total. The Labute approximate surface area is 183 Å². The molecule has 31 heavy (non-hydrogen) atoms. The summed E-state index contributed by atoms with van der Waals surface area (Å²) in [5.41, 5.74) is -0.336. The number of nitrogens with zero attached hydrogens (tertiary/aromatic N) is 2. The van der Waals surface area contributed by atoms with Crippen LogP contribution in [0, 0.1) is 10.1 Å². The maximum atomic E-state index is 12.7. The van der Waals surface area contributed by atoms with Gasteiger partial charge in [0, 0.05) is 24.3 Å². The number of nitro benzene ring substituents is 1. The van der Waals surface area contributed by atoms with Crippen molar-refractivity contribution < 1.29 is 32.3 Å². The van der Waals surface area contributed by atoms with Gasteiger partial charge < -0.3 is 19.5 Å². The molecule has 0 aromatic heterocycles. The molecule has 13 heteroatoms. The number of anilines is 2. The van der Waals surface area contributed by atoms with Gasteiger partial charge in [-0.3, -0.25) is 19.2 Å². The van der Waals surface area contributed by atoms with E-state index < -0.39 is 27.4 Å². The summed E-state index contributed by atoms with van der Waals surface area (Å²) in [5.74, 6) is -0.229. The first kappa shape index (κ1) is 24.0. The van der Waals surface area contributed by atoms with Crippen LogP contribution in [0.15, 0.2) is 30.3 Å². The number of benzene rings is 2. The topological polar surface area (TPSA) is 137 Å². The zero-order chi connectivity index (χ0) is 23.3. The van der Waals surface area contributed by atoms with E-state index in [9.17, 15) is 23.3 Å². The summed E-state index contributed by atoms with van der Waals surface area (Å²) >= 11 is 6.04. The zero-order valence-electron chi connectivity index (χ0n) is 17.0. The number of hydrogen-bond donors (Lipinski definition) is 1. The number of methoxy groups -OCH3 is 3. The molecule has 0 bridgehead atoms. The van der Waals surface area contributed by atoms with Gasteiger partial charge in [-0.2, -0.15) is 0 Å². The third kappa shape index (κ3) is 5.67. The summed E-state index contributed by atoms with van der Waals surface area (Å²) in [6.07, 6.45) is 0.866. The summed E-state index contributed by atoms with van der Waals surface area (Å²) in [5, 5.41) is 13.9. The van der Waals surface area contributed by atoms with Gasteiger partial charge in [-0.15, -0.1) is 0 Å². The highest BCUT2D eigenvalue weighted by molar-refractivity contribution is 7.92. The summed E-state index contributed by atoms with van der Waals surface area (Å²) in [6.45, 7) is -0.690. The van der Waals surface area contributed by atoms with Gasteiger partial charge in [0.25, 0.3) is 5.69 Å². The minimum atomic E-state index is -4.02. The van der Waals surface area contributed by atoms with Crippen LogP contribution < -0.4 is 23.8 Å². The molecular formula is C18H20ClN3O8S. The number of nitro groups is 1. The fourth-order valence-electron chi connectivity index (χ4n) is 2.65. The van der Waals surface area contributed by atoms with Crippen molar-refractivity contribution >= 4 is 44.6 Å². The van der Waals surface area contributed by atoms with E-state index in [1.165, 1.54) is 39.5 Å². The highest BCUT2D eigenvalue weighted by atomic mass is 35.5. The molecule has 0 aliphatic carbocycles. The first-order valence-electron chi connectivity index (χ1n) is 8.53. The number of carbonyl (C=O) groups excluding carboxylic acids is 1. The number of ether oxygens (including phenoxy) is 3. The SMILES string of the molecule is COc1cc(NC(=O)CN(c2cc([N+](=O)[O-])ccc2OC)S(C)(=O)=O)c(OC)cc1Cl. The lowest BCUT2D eigenvalue weighted by atomic mass is 10.2. The van der Waals surface area contributed by atoms with Crippen molar-refractivity contribution in [2.24, 2.45) is 0 Å². The number of non-ortho nitro benzene ring substituents is 1. The third-order valence-electron chi connectivity index (χ3n) is 4.08. The molecule has 0 aliphatic heterocycles. The lowest BCUT2D eigenvalue weighted by Crippen LogP contribution is -2.37. The highest BCUT2D eigenvalue weighted by Crippen LogP contribution is 2.36. The minimum absolute atomic E-state index is 0.0366. The van der Waals surface area contributed by atoms with Crippen LogP contribution in [0.5, 0.6) is 17.2 Å². The molecule has 0 atom stereocenters. The number of hydrogen-bond acceptors (Lipinski definition) is 8. The van der Waals surface area contributed by atoms with Gasteiger partial charge >= 0.3 is 0 Å². The fourth-order valence-corrected chi connectivity index (χ4v) is 3.73. The van der Waals surface area contributed by atoms with Crippen molar-refractivity contribution in [3.05, 3.63) is 45.5 Å². The zero-order valence-corrected chi connectivity index (χ0v) is 18.6. The normalized spacial score (nSPS) is 10.9. The van der Waals surface area contributed by atoms with Crippen LogP contribution in [0.25, 0.3) is 0 Å². The van der Waals surface area contributed by atoms with Crippen molar-refractivity contribution in [3.63, 3.8) is 0 Å². The summed E-state index contributed by atoms with van der Waals surface area (Å²) in [4.78, 5) is 23.1. The second-order valence-electron chi connectivity index (χ2n) is 6.12. The minimum Gasteiger partial charge on any atom is -0.495 e. The van der Waals surface area contributed by atoms with Crippen molar-refractivity contribution in [2.45, 2.75) is 0 Å². The van der Waals surface area contributed by atoms with E-state index in [0.717, 1.165) is 18.4 Å². The lowest BCUT2D eigenvalue weighted by molar-refractivity contribution is -0.384. The fraction of sp³-hybridized carbons (Fsp3) is 0.278. The predicted octanol–water partition coefficient (Wildman–Crippen LogP) is 2.68. The molecule has 0 saturated carbocycles. The van der Waals surface area contributed by atoms with Gasteiger partial charge in [0.05, 0.1) is 43.2 Å². The standard InChI is InChI=1S/C18H20ClN3O8S/c1-28-15-6-5-11(22(24)25)7-14(15)21(31(4,26)27)10-18(23)20-13-9-16(29-2)12(19)8-17(13)30-3/h5-9H,10H2,1-4H3,(H,20,23). The number of nitrogens with one attached hydrogen (secondary N) is 1. The Hall–Kier alpha value is -3.25. The van der Waals surface area contributed by atoms with Gasteiger partial charge in [-0.25, -0.2) is 8.42 Å². The highest BCUT2D eigenvalue weighted by Gasteiger charge is 2.26. The van der Waals surface area contributed by atoms with Crippen LogP contribution >= 0.6 is 11.6 Å². The molecular weight excluding hydrogens is 454 g/mol. The number of amides is 1. The molecule has 1 N–H and O–H groups in total. The number of carbonyl (C=O) groups is 1. The van der Waals surface area contributed by atoms with Gasteiger partial charge in [-0.1, -0.05) is 11.6 Å². The van der Waals surface area contributed by atoms with E-state index in [1.807, 2.05) is 0 Å². The Morgan fingerprint density at radius 2 is 1.71 bits per heavy atom. The van der Waals surface area contributed by atoms with E-state index in [-0.39, 0.29) is 39.3 Å². The summed E-state index contributed by atoms with van der Waals surface area (Å²) in [7, 11) is 0.00491. The van der Waals surface area contributed by atoms with Crippen LogP contribution in [0.1, 0.15) is 0 Å². The Balaban J connectivity index is 2.43. The van der Waals surface area contributed by atoms with E-state index in [4.69, 9.17) is 25.8 Å².